The molecule has 0 unspecified atom stereocenters. The number of hydrogen-bond acceptors (Lipinski definition) is 10. The fourth-order valence-electron chi connectivity index (χ4n) is 4.48. The Kier molecular flexibility index (Phi) is 9.28. The van der Waals surface area contributed by atoms with Gasteiger partial charge in [-0.1, -0.05) is 23.7 Å². The number of nitrogens with one attached hydrogen (secondary N) is 3. The first kappa shape index (κ1) is 30.6. The van der Waals surface area contributed by atoms with Crippen molar-refractivity contribution in [2.24, 2.45) is 7.05 Å². The molecule has 3 N–H and O–H groups in total. The third-order valence-corrected chi connectivity index (χ3v) is 6.87. The highest BCUT2D eigenvalue weighted by Gasteiger charge is 2.21. The number of nitrogens with zero attached hydrogens (tertiary/aromatic N) is 7. The number of carbonyl (C=O) groups excluding carboxylic acids is 2. The molecular weight excluding hydrogens is 604 g/mol. The monoisotopic (exact) mass is 630 g/mol. The van der Waals surface area contributed by atoms with Crippen molar-refractivity contribution >= 4 is 35.4 Å². The summed E-state index contributed by atoms with van der Waals surface area (Å²) in [7, 11) is 4.53. The van der Waals surface area contributed by atoms with Crippen LogP contribution in [0.5, 0.6) is 5.88 Å². The summed E-state index contributed by atoms with van der Waals surface area (Å²) in [6.07, 6.45) is 3.98. The fraction of sp³-hybridized carbons (Fsp3) is 0.172. The van der Waals surface area contributed by atoms with E-state index < -0.39 is 23.6 Å². The zero-order valence-corrected chi connectivity index (χ0v) is 25.0. The van der Waals surface area contributed by atoms with Gasteiger partial charge >= 0.3 is 6.09 Å². The van der Waals surface area contributed by atoms with Crippen molar-refractivity contribution in [2.45, 2.75) is 12.5 Å². The molecule has 2 aromatic carbocycles. The molecular formula is C29H27ClN10O5. The second kappa shape index (κ2) is 13.6. The number of halogens is 1. The maximum absolute atomic E-state index is 13.3. The van der Waals surface area contributed by atoms with E-state index >= 15 is 0 Å². The summed E-state index contributed by atoms with van der Waals surface area (Å²) in [5.74, 6) is 0.0835. The van der Waals surface area contributed by atoms with Gasteiger partial charge in [0.25, 0.3) is 5.56 Å². The van der Waals surface area contributed by atoms with Crippen LogP contribution in [0, 0.1) is 0 Å². The number of tetrazole rings is 1. The average Bonchev–Trinajstić information content (AvgIpc) is 3.70. The van der Waals surface area contributed by atoms with Crippen molar-refractivity contribution in [3.63, 3.8) is 0 Å². The van der Waals surface area contributed by atoms with Gasteiger partial charge in [-0.15, -0.1) is 5.10 Å². The standard InChI is InChI=1S/C29H27ClN10O5/c1-39-27(44-2)14-21(36-39)13-23(33-26(41)11-6-18-12-19(30)7-10-25(18)40-16-31-37-38-40)24-15-22(28(42)35-34-24)17-4-8-20(9-5-17)32-29(43)45-3/h4-12,14-16,23H,13H2,1-3H3,(H,32,43)(H,33,41)(H,35,42)/t23-/m0/s1. The van der Waals surface area contributed by atoms with Crippen LogP contribution in [0.25, 0.3) is 22.9 Å². The van der Waals surface area contributed by atoms with Crippen LogP contribution < -0.4 is 20.9 Å². The summed E-state index contributed by atoms with van der Waals surface area (Å²) >= 11 is 6.21. The van der Waals surface area contributed by atoms with Crippen LogP contribution in [0.4, 0.5) is 10.5 Å². The predicted molar refractivity (Wildman–Crippen MR) is 164 cm³/mol. The van der Waals surface area contributed by atoms with E-state index in [1.165, 1.54) is 31.3 Å². The number of H-pyrrole nitrogens is 1. The van der Waals surface area contributed by atoms with Gasteiger partial charge in [0, 0.05) is 41.9 Å². The number of anilines is 1. The maximum Gasteiger partial charge on any atom is 0.411 e. The van der Waals surface area contributed by atoms with E-state index in [0.717, 1.165) is 0 Å². The molecule has 0 fully saturated rings. The Hall–Kier alpha value is -5.83. The molecule has 0 spiro atoms. The smallest absolute Gasteiger partial charge is 0.411 e. The van der Waals surface area contributed by atoms with E-state index in [0.29, 0.717) is 50.4 Å². The maximum atomic E-state index is 13.3. The second-order valence-corrected chi connectivity index (χ2v) is 10.0. The largest absolute Gasteiger partial charge is 0.481 e. The van der Waals surface area contributed by atoms with Crippen molar-refractivity contribution in [1.82, 2.24) is 45.5 Å². The van der Waals surface area contributed by atoms with Gasteiger partial charge in [0.05, 0.1) is 42.9 Å². The highest BCUT2D eigenvalue weighted by Crippen LogP contribution is 2.24. The van der Waals surface area contributed by atoms with Crippen molar-refractivity contribution in [3.8, 4) is 22.7 Å². The van der Waals surface area contributed by atoms with Crippen LogP contribution >= 0.6 is 11.6 Å². The average molecular weight is 631 g/mol. The molecule has 16 heteroatoms. The molecule has 0 saturated carbocycles. The lowest BCUT2D eigenvalue weighted by Crippen LogP contribution is -2.30. The summed E-state index contributed by atoms with van der Waals surface area (Å²) in [5.41, 5.74) is 3.14. The van der Waals surface area contributed by atoms with Gasteiger partial charge in [0.2, 0.25) is 11.8 Å². The molecule has 5 aromatic rings. The van der Waals surface area contributed by atoms with Gasteiger partial charge in [-0.2, -0.15) is 14.9 Å². The zero-order chi connectivity index (χ0) is 31.9. The van der Waals surface area contributed by atoms with E-state index in [4.69, 9.17) is 16.3 Å². The first-order chi connectivity index (χ1) is 21.7. The van der Waals surface area contributed by atoms with Gasteiger partial charge in [-0.3, -0.25) is 14.9 Å². The number of rotatable bonds is 10. The third kappa shape index (κ3) is 7.40. The van der Waals surface area contributed by atoms with E-state index in [1.54, 1.807) is 72.4 Å². The van der Waals surface area contributed by atoms with E-state index in [-0.39, 0.29) is 6.42 Å². The van der Waals surface area contributed by atoms with Gasteiger partial charge < -0.3 is 14.8 Å². The number of methoxy groups -OCH3 is 2. The molecule has 45 heavy (non-hydrogen) atoms. The predicted octanol–water partition coefficient (Wildman–Crippen LogP) is 3.10. The Bertz CT molecular complexity index is 1900. The molecule has 3 heterocycles. The molecule has 15 nitrogen and oxygen atoms in total. The lowest BCUT2D eigenvalue weighted by Gasteiger charge is -2.17. The highest BCUT2D eigenvalue weighted by atomic mass is 35.5. The third-order valence-electron chi connectivity index (χ3n) is 6.63. The van der Waals surface area contributed by atoms with Gasteiger partial charge in [0.15, 0.2) is 0 Å². The van der Waals surface area contributed by atoms with Crippen molar-refractivity contribution in [3.05, 3.63) is 99.3 Å². The van der Waals surface area contributed by atoms with Crippen LogP contribution in [-0.4, -0.2) is 66.4 Å². The molecule has 0 bridgehead atoms. The van der Waals surface area contributed by atoms with Crippen LogP contribution in [0.15, 0.2) is 71.8 Å². The fourth-order valence-corrected chi connectivity index (χ4v) is 4.66. The molecule has 0 saturated heterocycles. The van der Waals surface area contributed by atoms with Crippen molar-refractivity contribution in [1.29, 1.82) is 0 Å². The first-order valence-corrected chi connectivity index (χ1v) is 13.7. The minimum Gasteiger partial charge on any atom is -0.481 e. The summed E-state index contributed by atoms with van der Waals surface area (Å²) < 4.78 is 13.0. The van der Waals surface area contributed by atoms with E-state index in [9.17, 15) is 14.4 Å². The molecule has 0 radical (unpaired) electrons. The Balaban J connectivity index is 1.45. The number of aromatic nitrogens is 8. The van der Waals surface area contributed by atoms with Crippen LogP contribution in [0.3, 0.4) is 0 Å². The molecule has 3 aromatic heterocycles. The highest BCUT2D eigenvalue weighted by molar-refractivity contribution is 6.30. The SMILES string of the molecule is COC(=O)Nc1ccc(-c2cc([C@H](Cc3cc(OC)n(C)n3)NC(=O)C=Cc3cc(Cl)ccc3-n3cnnn3)n[nH]c2=O)cc1. The Morgan fingerprint density at radius 2 is 1.91 bits per heavy atom. The number of carbonyl (C=O) groups is 2. The molecule has 0 aliphatic heterocycles. The lowest BCUT2D eigenvalue weighted by molar-refractivity contribution is -0.117. The number of aryl methyl sites for hydroxylation is 1. The normalized spacial score (nSPS) is 11.7. The molecule has 5 rings (SSSR count). The molecule has 0 aliphatic rings. The Morgan fingerprint density at radius 1 is 1.11 bits per heavy atom. The topological polar surface area (TPSA) is 184 Å². The van der Waals surface area contributed by atoms with Crippen molar-refractivity contribution in [2.75, 3.05) is 19.5 Å². The summed E-state index contributed by atoms with van der Waals surface area (Å²) in [6, 6.07) is 14.4. The Labute approximate surface area is 260 Å². The van der Waals surface area contributed by atoms with Gasteiger partial charge in [-0.25, -0.2) is 14.6 Å². The zero-order valence-electron chi connectivity index (χ0n) is 24.3. The quantitative estimate of drug-likeness (QED) is 0.194. The number of ether oxygens (including phenoxy) is 2. The van der Waals surface area contributed by atoms with E-state index in [1.807, 2.05) is 0 Å². The number of aromatic amines is 1. The summed E-state index contributed by atoms with van der Waals surface area (Å²) in [6.45, 7) is 0. The number of amides is 2. The minimum absolute atomic E-state index is 0.226. The number of benzene rings is 2. The molecule has 230 valence electrons. The number of hydrogen-bond donors (Lipinski definition) is 3. The van der Waals surface area contributed by atoms with Gasteiger partial charge in [-0.05, 0) is 58.5 Å². The Morgan fingerprint density at radius 3 is 2.60 bits per heavy atom. The van der Waals surface area contributed by atoms with Crippen molar-refractivity contribution < 1.29 is 19.1 Å². The summed E-state index contributed by atoms with van der Waals surface area (Å²) in [4.78, 5) is 37.7. The van der Waals surface area contributed by atoms with E-state index in [2.05, 4.69) is 46.2 Å². The minimum atomic E-state index is -0.712. The lowest BCUT2D eigenvalue weighted by atomic mass is 10.0. The molecule has 2 amide bonds. The molecule has 0 aliphatic carbocycles. The van der Waals surface area contributed by atoms with Crippen LogP contribution in [-0.2, 0) is 23.0 Å². The van der Waals surface area contributed by atoms with Gasteiger partial charge in [0.1, 0.15) is 6.33 Å². The summed E-state index contributed by atoms with van der Waals surface area (Å²) in [5, 5.41) is 28.5. The van der Waals surface area contributed by atoms with Crippen LogP contribution in [0.1, 0.15) is 23.0 Å². The van der Waals surface area contributed by atoms with Crippen LogP contribution in [0.2, 0.25) is 5.02 Å². The first-order valence-electron chi connectivity index (χ1n) is 13.4. The molecule has 1 atom stereocenters. The second-order valence-electron chi connectivity index (χ2n) is 9.59.